The molecule has 126 valence electrons. The predicted molar refractivity (Wildman–Crippen MR) is 87.2 cm³/mol. The van der Waals surface area contributed by atoms with Crippen LogP contribution in [0.2, 0.25) is 0 Å². The van der Waals surface area contributed by atoms with Gasteiger partial charge in [0.25, 0.3) is 0 Å². The molecule has 0 spiro atoms. The summed E-state index contributed by atoms with van der Waals surface area (Å²) >= 11 is 0. The molecule has 0 aliphatic rings. The first kappa shape index (κ1) is 19.3. The molecule has 0 radical (unpaired) electrons. The molecule has 1 atom stereocenters. The molecule has 23 heavy (non-hydrogen) atoms. The van der Waals surface area contributed by atoms with Crippen LogP contribution in [0.5, 0.6) is 0 Å². The second-order valence-electron chi connectivity index (χ2n) is 5.63. The molecule has 0 saturated carbocycles. The molecule has 1 rings (SSSR count). The fourth-order valence-corrected chi connectivity index (χ4v) is 3.65. The first-order chi connectivity index (χ1) is 10.8. The number of Topliss-reactive ketones (excluding diaryl/α,β-unsaturated/α-hetero) is 1. The predicted octanol–water partition coefficient (Wildman–Crippen LogP) is 2.33. The van der Waals surface area contributed by atoms with E-state index in [1.54, 1.807) is 13.8 Å². The number of carbonyl (C=O) groups is 1. The van der Waals surface area contributed by atoms with E-state index in [4.69, 9.17) is 0 Å². The van der Waals surface area contributed by atoms with Gasteiger partial charge in [-0.25, -0.2) is 8.42 Å². The van der Waals surface area contributed by atoms with Gasteiger partial charge in [-0.15, -0.1) is 0 Å². The van der Waals surface area contributed by atoms with E-state index in [1.165, 1.54) is 22.6 Å². The fourth-order valence-electron chi connectivity index (χ4n) is 2.25. The van der Waals surface area contributed by atoms with Crippen LogP contribution in [0.25, 0.3) is 0 Å². The van der Waals surface area contributed by atoms with Crippen molar-refractivity contribution in [3.05, 3.63) is 24.0 Å². The van der Waals surface area contributed by atoms with Crippen molar-refractivity contribution in [3.8, 4) is 6.07 Å². The largest absolute Gasteiger partial charge is 0.298 e. The van der Waals surface area contributed by atoms with Crippen LogP contribution >= 0.6 is 0 Å². The molecule has 1 aromatic rings. The maximum atomic E-state index is 12.4. The smallest absolute Gasteiger partial charge is 0.244 e. The van der Waals surface area contributed by atoms with Crippen molar-refractivity contribution in [2.24, 2.45) is 5.92 Å². The lowest BCUT2D eigenvalue weighted by molar-refractivity contribution is -0.120. The first-order valence-corrected chi connectivity index (χ1v) is 9.10. The number of hydrogen-bond acceptors (Lipinski definition) is 5. The quantitative estimate of drug-likeness (QED) is 0.726. The van der Waals surface area contributed by atoms with Crippen LogP contribution in [0.1, 0.15) is 45.7 Å². The average Bonchev–Trinajstić information content (AvgIpc) is 2.48. The highest BCUT2D eigenvalue weighted by atomic mass is 32.2. The molecule has 0 fully saturated rings. The molecule has 0 saturated heterocycles. The van der Waals surface area contributed by atoms with Crippen molar-refractivity contribution in [2.45, 2.75) is 44.9 Å². The van der Waals surface area contributed by atoms with Crippen molar-refractivity contribution in [1.29, 1.82) is 5.26 Å². The first-order valence-electron chi connectivity index (χ1n) is 7.66. The summed E-state index contributed by atoms with van der Waals surface area (Å²) in [6.07, 6.45) is 1.51. The maximum absolute atomic E-state index is 12.4. The van der Waals surface area contributed by atoms with Gasteiger partial charge in [0.2, 0.25) is 10.0 Å². The van der Waals surface area contributed by atoms with E-state index < -0.39 is 15.9 Å². The van der Waals surface area contributed by atoms with E-state index in [-0.39, 0.29) is 22.3 Å². The highest BCUT2D eigenvalue weighted by Crippen LogP contribution is 2.21. The number of aromatic nitrogens is 1. The summed E-state index contributed by atoms with van der Waals surface area (Å²) in [7, 11) is -3.59. The molecule has 1 heterocycles. The second-order valence-corrected chi connectivity index (χ2v) is 7.57. The van der Waals surface area contributed by atoms with E-state index >= 15 is 0 Å². The van der Waals surface area contributed by atoms with Crippen molar-refractivity contribution in [2.75, 3.05) is 13.1 Å². The van der Waals surface area contributed by atoms with Crippen LogP contribution in [0.4, 0.5) is 0 Å². The van der Waals surface area contributed by atoms with Crippen LogP contribution < -0.4 is 0 Å². The molecule has 0 aliphatic carbocycles. The third-order valence-corrected chi connectivity index (χ3v) is 5.49. The van der Waals surface area contributed by atoms with Gasteiger partial charge in [0.15, 0.2) is 5.78 Å². The van der Waals surface area contributed by atoms with Gasteiger partial charge in [-0.05, 0) is 18.1 Å². The zero-order valence-electron chi connectivity index (χ0n) is 14.0. The van der Waals surface area contributed by atoms with E-state index in [9.17, 15) is 18.5 Å². The molecular weight excluding hydrogens is 314 g/mol. The number of pyridine rings is 1. The number of sulfonamides is 1. The minimum Gasteiger partial charge on any atom is -0.298 e. The summed E-state index contributed by atoms with van der Waals surface area (Å²) in [6.45, 7) is 8.07. The third-order valence-electron chi connectivity index (χ3n) is 3.46. The van der Waals surface area contributed by atoms with E-state index in [1.807, 2.05) is 19.9 Å². The molecule has 1 aromatic heterocycles. The Labute approximate surface area is 138 Å². The number of hydrogen-bond donors (Lipinski definition) is 0. The molecule has 6 nitrogen and oxygen atoms in total. The molecule has 0 bridgehead atoms. The van der Waals surface area contributed by atoms with E-state index in [2.05, 4.69) is 4.98 Å². The van der Waals surface area contributed by atoms with Gasteiger partial charge < -0.3 is 0 Å². The van der Waals surface area contributed by atoms with Gasteiger partial charge in [0.1, 0.15) is 10.8 Å². The molecule has 0 aliphatic heterocycles. The Morgan fingerprint density at radius 2 is 1.91 bits per heavy atom. The van der Waals surface area contributed by atoms with Gasteiger partial charge in [-0.1, -0.05) is 27.7 Å². The highest BCUT2D eigenvalue weighted by molar-refractivity contribution is 7.89. The summed E-state index contributed by atoms with van der Waals surface area (Å²) in [6, 6.07) is 4.81. The third kappa shape index (κ3) is 4.60. The van der Waals surface area contributed by atoms with Crippen LogP contribution in [0, 0.1) is 17.2 Å². The SMILES string of the molecule is CCN(CC)S(=O)(=O)c1ccc([C@@H](C#N)C(=O)CC(C)C)nc1. The lowest BCUT2D eigenvalue weighted by Crippen LogP contribution is -2.30. The Morgan fingerprint density at radius 3 is 2.30 bits per heavy atom. The minimum absolute atomic E-state index is 0.0675. The number of nitrogens with zero attached hydrogens (tertiary/aromatic N) is 3. The lowest BCUT2D eigenvalue weighted by atomic mass is 9.94. The zero-order chi connectivity index (χ0) is 17.6. The van der Waals surface area contributed by atoms with Gasteiger partial charge in [-0.3, -0.25) is 9.78 Å². The van der Waals surface area contributed by atoms with Gasteiger partial charge in [0, 0.05) is 25.7 Å². The zero-order valence-corrected chi connectivity index (χ0v) is 14.8. The monoisotopic (exact) mass is 337 g/mol. The Bertz CT molecular complexity index is 672. The number of rotatable bonds is 8. The van der Waals surface area contributed by atoms with E-state index in [0.717, 1.165) is 0 Å². The van der Waals surface area contributed by atoms with Crippen LogP contribution in [0.15, 0.2) is 23.2 Å². The topological polar surface area (TPSA) is 91.1 Å². The summed E-state index contributed by atoms with van der Waals surface area (Å²) in [5, 5.41) is 9.22. The second kappa shape index (κ2) is 8.18. The summed E-state index contributed by atoms with van der Waals surface area (Å²) < 4.78 is 26.1. The van der Waals surface area contributed by atoms with Gasteiger partial charge in [0.05, 0.1) is 11.8 Å². The lowest BCUT2D eigenvalue weighted by Gasteiger charge is -2.18. The standard InChI is InChI=1S/C16H23N3O3S/c1-5-19(6-2)23(21,22)13-7-8-15(18-11-13)14(10-17)16(20)9-12(3)4/h7-8,11-12,14H,5-6,9H2,1-4H3/t14-/m1/s1. The van der Waals surface area contributed by atoms with Crippen LogP contribution in [0.3, 0.4) is 0 Å². The van der Waals surface area contributed by atoms with Crippen molar-refractivity contribution in [3.63, 3.8) is 0 Å². The van der Waals surface area contributed by atoms with Crippen LogP contribution in [-0.2, 0) is 14.8 Å². The fraction of sp³-hybridized carbons (Fsp3) is 0.562. The number of ketones is 1. The molecule has 0 N–H and O–H groups in total. The summed E-state index contributed by atoms with van der Waals surface area (Å²) in [4.78, 5) is 16.2. The number of nitriles is 1. The van der Waals surface area contributed by atoms with Crippen molar-refractivity contribution in [1.82, 2.24) is 9.29 Å². The summed E-state index contributed by atoms with van der Waals surface area (Å²) in [5.41, 5.74) is 0.289. The average molecular weight is 337 g/mol. The number of carbonyl (C=O) groups excluding carboxylic acids is 1. The Balaban J connectivity index is 3.08. The molecule has 0 unspecified atom stereocenters. The minimum atomic E-state index is -3.59. The van der Waals surface area contributed by atoms with Gasteiger partial charge in [-0.2, -0.15) is 9.57 Å². The molecule has 0 aromatic carbocycles. The normalized spacial score (nSPS) is 13.1. The van der Waals surface area contributed by atoms with Crippen molar-refractivity contribution < 1.29 is 13.2 Å². The van der Waals surface area contributed by atoms with Crippen LogP contribution in [-0.4, -0.2) is 36.6 Å². The molecular formula is C16H23N3O3S. The van der Waals surface area contributed by atoms with E-state index in [0.29, 0.717) is 19.5 Å². The Hall–Kier alpha value is -1.78. The van der Waals surface area contributed by atoms with Crippen molar-refractivity contribution >= 4 is 15.8 Å². The highest BCUT2D eigenvalue weighted by Gasteiger charge is 2.25. The van der Waals surface area contributed by atoms with Gasteiger partial charge >= 0.3 is 0 Å². The summed E-state index contributed by atoms with van der Waals surface area (Å²) in [5.74, 6) is -1.00. The molecule has 7 heteroatoms. The Morgan fingerprint density at radius 1 is 1.30 bits per heavy atom. The Kier molecular flexibility index (Phi) is 6.85. The molecule has 0 amide bonds. The maximum Gasteiger partial charge on any atom is 0.244 e.